The van der Waals surface area contributed by atoms with Crippen molar-refractivity contribution in [2.24, 2.45) is 0 Å². The lowest BCUT2D eigenvalue weighted by Gasteiger charge is -2.23. The summed E-state index contributed by atoms with van der Waals surface area (Å²) in [6, 6.07) is 13.3. The maximum absolute atomic E-state index is 4.60. The van der Waals surface area contributed by atoms with Crippen molar-refractivity contribution in [2.45, 2.75) is 46.7 Å². The summed E-state index contributed by atoms with van der Waals surface area (Å²) >= 11 is 0. The molecule has 0 radical (unpaired) electrons. The number of rotatable bonds is 4. The van der Waals surface area contributed by atoms with E-state index in [1.165, 1.54) is 16.7 Å². The van der Waals surface area contributed by atoms with Crippen molar-refractivity contribution in [1.82, 2.24) is 10.3 Å². The van der Waals surface area contributed by atoms with Gasteiger partial charge in [-0.3, -0.25) is 4.98 Å². The minimum absolute atomic E-state index is 0.290. The fourth-order valence-electron chi connectivity index (χ4n) is 2.98. The van der Waals surface area contributed by atoms with Crippen LogP contribution in [-0.2, 0) is 0 Å². The van der Waals surface area contributed by atoms with Gasteiger partial charge in [-0.1, -0.05) is 30.3 Å². The largest absolute Gasteiger partial charge is 0.304 e. The topological polar surface area (TPSA) is 24.9 Å². The molecule has 2 atom stereocenters. The van der Waals surface area contributed by atoms with E-state index in [-0.39, 0.29) is 0 Å². The predicted octanol–water partition coefficient (Wildman–Crippen LogP) is 4.42. The molecule has 0 fully saturated rings. The predicted molar refractivity (Wildman–Crippen MR) is 84.9 cm³/mol. The fraction of sp³-hybridized carbons (Fsp3) is 0.389. The zero-order chi connectivity index (χ0) is 14.7. The summed E-state index contributed by atoms with van der Waals surface area (Å²) in [5, 5.41) is 3.67. The molecule has 0 spiro atoms. The molecule has 2 aromatic rings. The second kappa shape index (κ2) is 6.19. The summed E-state index contributed by atoms with van der Waals surface area (Å²) in [6.07, 6.45) is 0. The molecular formula is C18H24N2. The van der Waals surface area contributed by atoms with E-state index < -0.39 is 0 Å². The van der Waals surface area contributed by atoms with Gasteiger partial charge in [0.15, 0.2) is 0 Å². The highest BCUT2D eigenvalue weighted by molar-refractivity contribution is 5.33. The molecule has 0 saturated carbocycles. The van der Waals surface area contributed by atoms with Crippen LogP contribution in [0.4, 0.5) is 0 Å². The first kappa shape index (κ1) is 14.7. The molecule has 2 heteroatoms. The maximum atomic E-state index is 4.60. The molecule has 0 aliphatic carbocycles. The Morgan fingerprint density at radius 1 is 0.950 bits per heavy atom. The van der Waals surface area contributed by atoms with Gasteiger partial charge in [0, 0.05) is 23.5 Å². The van der Waals surface area contributed by atoms with Crippen molar-refractivity contribution >= 4 is 0 Å². The third kappa shape index (κ3) is 3.26. The van der Waals surface area contributed by atoms with E-state index in [1.54, 1.807) is 0 Å². The number of aromatic nitrogens is 1. The van der Waals surface area contributed by atoms with E-state index in [2.05, 4.69) is 81.3 Å². The standard InChI is InChI=1S/C18H24N2/c1-12-11-13(2)19-15(4)18(12)16(5)20-14(3)17-9-7-6-8-10-17/h6-11,14,16,20H,1-5H3. The third-order valence-electron chi connectivity index (χ3n) is 3.82. The quantitative estimate of drug-likeness (QED) is 0.888. The van der Waals surface area contributed by atoms with Crippen LogP contribution in [0.2, 0.25) is 0 Å². The zero-order valence-corrected chi connectivity index (χ0v) is 13.1. The summed E-state index contributed by atoms with van der Waals surface area (Å²) < 4.78 is 0. The van der Waals surface area contributed by atoms with Gasteiger partial charge in [0.2, 0.25) is 0 Å². The van der Waals surface area contributed by atoms with E-state index >= 15 is 0 Å². The number of nitrogens with zero attached hydrogens (tertiary/aromatic N) is 1. The Morgan fingerprint density at radius 2 is 1.60 bits per heavy atom. The van der Waals surface area contributed by atoms with Crippen LogP contribution in [0, 0.1) is 20.8 Å². The van der Waals surface area contributed by atoms with Crippen molar-refractivity contribution in [2.75, 3.05) is 0 Å². The van der Waals surface area contributed by atoms with Gasteiger partial charge in [0.1, 0.15) is 0 Å². The van der Waals surface area contributed by atoms with E-state index in [4.69, 9.17) is 0 Å². The number of aryl methyl sites for hydroxylation is 3. The molecule has 1 aromatic heterocycles. The summed E-state index contributed by atoms with van der Waals surface area (Å²) in [7, 11) is 0. The second-order valence-corrected chi connectivity index (χ2v) is 5.60. The molecule has 2 nitrogen and oxygen atoms in total. The Kier molecular flexibility index (Phi) is 4.56. The smallest absolute Gasteiger partial charge is 0.0426 e. The molecule has 0 bridgehead atoms. The van der Waals surface area contributed by atoms with Gasteiger partial charge in [-0.25, -0.2) is 0 Å². The normalized spacial score (nSPS) is 14.1. The van der Waals surface area contributed by atoms with Crippen LogP contribution in [0.25, 0.3) is 0 Å². The molecule has 0 amide bonds. The fourth-order valence-corrected chi connectivity index (χ4v) is 2.98. The first-order valence-corrected chi connectivity index (χ1v) is 7.24. The van der Waals surface area contributed by atoms with Crippen molar-refractivity contribution in [3.05, 3.63) is 64.5 Å². The molecule has 2 unspecified atom stereocenters. The average Bonchev–Trinajstić information content (AvgIpc) is 2.38. The highest BCUT2D eigenvalue weighted by Gasteiger charge is 2.15. The van der Waals surface area contributed by atoms with Crippen molar-refractivity contribution in [1.29, 1.82) is 0 Å². The molecule has 0 saturated heterocycles. The van der Waals surface area contributed by atoms with Crippen LogP contribution in [0.1, 0.15) is 54.0 Å². The molecule has 106 valence electrons. The van der Waals surface area contributed by atoms with Crippen LogP contribution in [0.3, 0.4) is 0 Å². The number of benzene rings is 1. The van der Waals surface area contributed by atoms with E-state index in [1.807, 2.05) is 0 Å². The van der Waals surface area contributed by atoms with Crippen LogP contribution in [-0.4, -0.2) is 4.98 Å². The van der Waals surface area contributed by atoms with E-state index in [9.17, 15) is 0 Å². The Balaban J connectivity index is 2.19. The number of hydrogen-bond donors (Lipinski definition) is 1. The monoisotopic (exact) mass is 268 g/mol. The number of hydrogen-bond acceptors (Lipinski definition) is 2. The van der Waals surface area contributed by atoms with E-state index in [0.29, 0.717) is 12.1 Å². The van der Waals surface area contributed by atoms with Gasteiger partial charge in [-0.05, 0) is 57.4 Å². The average molecular weight is 268 g/mol. The van der Waals surface area contributed by atoms with E-state index in [0.717, 1.165) is 11.4 Å². The summed E-state index contributed by atoms with van der Waals surface area (Å²) in [4.78, 5) is 4.60. The molecule has 0 aliphatic heterocycles. The Labute approximate surface area is 122 Å². The molecule has 2 rings (SSSR count). The van der Waals surface area contributed by atoms with Crippen molar-refractivity contribution in [3.8, 4) is 0 Å². The van der Waals surface area contributed by atoms with Crippen molar-refractivity contribution < 1.29 is 0 Å². The van der Waals surface area contributed by atoms with Gasteiger partial charge in [0.05, 0.1) is 0 Å². The second-order valence-electron chi connectivity index (χ2n) is 5.60. The number of nitrogens with one attached hydrogen (secondary N) is 1. The summed E-state index contributed by atoms with van der Waals surface area (Å²) in [5.41, 5.74) is 6.16. The third-order valence-corrected chi connectivity index (χ3v) is 3.82. The Hall–Kier alpha value is -1.67. The van der Waals surface area contributed by atoms with Gasteiger partial charge in [-0.15, -0.1) is 0 Å². The SMILES string of the molecule is Cc1cc(C)c(C(C)NC(C)c2ccccc2)c(C)n1. The Morgan fingerprint density at radius 3 is 2.20 bits per heavy atom. The van der Waals surface area contributed by atoms with Crippen molar-refractivity contribution in [3.63, 3.8) is 0 Å². The summed E-state index contributed by atoms with van der Waals surface area (Å²) in [5.74, 6) is 0. The first-order chi connectivity index (χ1) is 9.49. The number of pyridine rings is 1. The molecule has 1 aromatic carbocycles. The lowest BCUT2D eigenvalue weighted by atomic mass is 9.98. The highest BCUT2D eigenvalue weighted by atomic mass is 14.9. The van der Waals surface area contributed by atoms with Gasteiger partial charge >= 0.3 is 0 Å². The van der Waals surface area contributed by atoms with Crippen LogP contribution >= 0.6 is 0 Å². The van der Waals surface area contributed by atoms with Gasteiger partial charge < -0.3 is 5.32 Å². The minimum atomic E-state index is 0.290. The first-order valence-electron chi connectivity index (χ1n) is 7.24. The van der Waals surface area contributed by atoms with Crippen LogP contribution < -0.4 is 5.32 Å². The highest BCUT2D eigenvalue weighted by Crippen LogP contribution is 2.24. The van der Waals surface area contributed by atoms with Gasteiger partial charge in [0.25, 0.3) is 0 Å². The minimum Gasteiger partial charge on any atom is -0.304 e. The maximum Gasteiger partial charge on any atom is 0.0426 e. The van der Waals surface area contributed by atoms with Crippen LogP contribution in [0.15, 0.2) is 36.4 Å². The lowest BCUT2D eigenvalue weighted by Crippen LogP contribution is -2.24. The lowest BCUT2D eigenvalue weighted by molar-refractivity contribution is 0.490. The Bertz CT molecular complexity index is 552. The molecule has 0 aliphatic rings. The molecule has 1 N–H and O–H groups in total. The molecular weight excluding hydrogens is 244 g/mol. The molecule has 20 heavy (non-hydrogen) atoms. The molecule has 1 heterocycles. The van der Waals surface area contributed by atoms with Gasteiger partial charge in [-0.2, -0.15) is 0 Å². The van der Waals surface area contributed by atoms with Crippen LogP contribution in [0.5, 0.6) is 0 Å². The summed E-state index contributed by atoms with van der Waals surface area (Å²) in [6.45, 7) is 10.7. The zero-order valence-electron chi connectivity index (χ0n) is 13.1.